The van der Waals surface area contributed by atoms with E-state index in [2.05, 4.69) is 63.2 Å². The van der Waals surface area contributed by atoms with Crippen LogP contribution < -0.4 is 10.2 Å². The number of rotatable bonds is 4. The molecule has 0 bridgehead atoms. The maximum Gasteiger partial charge on any atom is 0.0513 e. The second-order valence-electron chi connectivity index (χ2n) is 6.60. The average Bonchev–Trinajstić information content (AvgIpc) is 3.26. The van der Waals surface area contributed by atoms with Gasteiger partial charge >= 0.3 is 0 Å². The highest BCUT2D eigenvalue weighted by atomic mass is 79.9. The molecule has 4 heteroatoms. The number of benzene rings is 1. The maximum atomic E-state index is 3.79. The molecular formula is C17H26BrN3. The highest BCUT2D eigenvalue weighted by molar-refractivity contribution is 9.10. The zero-order chi connectivity index (χ0) is 14.8. The minimum Gasteiger partial charge on any atom is -0.367 e. The van der Waals surface area contributed by atoms with Crippen molar-refractivity contribution in [3.8, 4) is 0 Å². The van der Waals surface area contributed by atoms with Gasteiger partial charge in [0.15, 0.2) is 0 Å². The van der Waals surface area contributed by atoms with Gasteiger partial charge in [-0.15, -0.1) is 0 Å². The van der Waals surface area contributed by atoms with E-state index in [-0.39, 0.29) is 0 Å². The van der Waals surface area contributed by atoms with E-state index >= 15 is 0 Å². The smallest absolute Gasteiger partial charge is 0.0513 e. The summed E-state index contributed by atoms with van der Waals surface area (Å²) in [5.74, 6) is 0. The molecule has 1 aromatic carbocycles. The average molecular weight is 352 g/mol. The fourth-order valence-electron chi connectivity index (χ4n) is 3.17. The van der Waals surface area contributed by atoms with Gasteiger partial charge in [-0.3, -0.25) is 0 Å². The van der Waals surface area contributed by atoms with E-state index < -0.39 is 0 Å². The van der Waals surface area contributed by atoms with Crippen LogP contribution in [0.15, 0.2) is 22.7 Å². The molecule has 0 spiro atoms. The van der Waals surface area contributed by atoms with E-state index in [0.29, 0.717) is 6.04 Å². The zero-order valence-electron chi connectivity index (χ0n) is 13.1. The molecule has 21 heavy (non-hydrogen) atoms. The van der Waals surface area contributed by atoms with Crippen molar-refractivity contribution in [3.05, 3.63) is 28.2 Å². The fraction of sp³-hybridized carbons (Fsp3) is 0.647. The molecule has 0 aromatic heterocycles. The van der Waals surface area contributed by atoms with Crippen molar-refractivity contribution in [2.24, 2.45) is 0 Å². The second-order valence-corrected chi connectivity index (χ2v) is 7.45. The zero-order valence-corrected chi connectivity index (χ0v) is 14.7. The Labute approximate surface area is 136 Å². The Kier molecular flexibility index (Phi) is 4.87. The highest BCUT2D eigenvalue weighted by Crippen LogP contribution is 2.30. The third kappa shape index (κ3) is 3.99. The summed E-state index contributed by atoms with van der Waals surface area (Å²) in [5, 5.41) is 3.58. The number of nitrogens with zero attached hydrogens (tertiary/aromatic N) is 2. The molecule has 1 aliphatic heterocycles. The van der Waals surface area contributed by atoms with Crippen LogP contribution in [-0.2, 0) is 6.54 Å². The quantitative estimate of drug-likeness (QED) is 0.898. The summed E-state index contributed by atoms with van der Waals surface area (Å²) in [6, 6.07) is 8.17. The Hall–Kier alpha value is -0.580. The summed E-state index contributed by atoms with van der Waals surface area (Å²) >= 11 is 3.79. The first-order chi connectivity index (χ1) is 10.1. The van der Waals surface area contributed by atoms with E-state index in [0.717, 1.165) is 25.7 Å². The molecule has 1 saturated heterocycles. The Morgan fingerprint density at radius 1 is 1.29 bits per heavy atom. The SMILES string of the molecule is CC1CN(C)CCCN1c1ccc(CNC2CC2)cc1Br. The van der Waals surface area contributed by atoms with Crippen LogP contribution in [-0.4, -0.2) is 43.7 Å². The molecule has 0 radical (unpaired) electrons. The van der Waals surface area contributed by atoms with Crippen molar-refractivity contribution in [2.45, 2.75) is 44.8 Å². The lowest BCUT2D eigenvalue weighted by atomic mass is 10.1. The van der Waals surface area contributed by atoms with Crippen LogP contribution in [0.5, 0.6) is 0 Å². The molecule has 1 saturated carbocycles. The molecule has 3 nitrogen and oxygen atoms in total. The topological polar surface area (TPSA) is 18.5 Å². The first-order valence-electron chi connectivity index (χ1n) is 8.10. The van der Waals surface area contributed by atoms with Crippen LogP contribution in [0.2, 0.25) is 0 Å². The summed E-state index contributed by atoms with van der Waals surface area (Å²) in [7, 11) is 2.22. The van der Waals surface area contributed by atoms with Crippen LogP contribution in [0.4, 0.5) is 5.69 Å². The van der Waals surface area contributed by atoms with Gasteiger partial charge in [0.2, 0.25) is 0 Å². The van der Waals surface area contributed by atoms with Gasteiger partial charge in [0.05, 0.1) is 5.69 Å². The lowest BCUT2D eigenvalue weighted by molar-refractivity contribution is 0.337. The standard InChI is InChI=1S/C17H26BrN3/c1-13-12-20(2)8-3-9-21(13)17-7-4-14(10-16(17)18)11-19-15-5-6-15/h4,7,10,13,15,19H,3,5-6,8-9,11-12H2,1-2H3. The monoisotopic (exact) mass is 351 g/mol. The molecule has 1 atom stereocenters. The van der Waals surface area contributed by atoms with Gasteiger partial charge < -0.3 is 15.1 Å². The number of nitrogens with one attached hydrogen (secondary N) is 1. The Morgan fingerprint density at radius 2 is 2.10 bits per heavy atom. The minimum absolute atomic E-state index is 0.559. The van der Waals surface area contributed by atoms with E-state index in [1.165, 1.54) is 41.5 Å². The van der Waals surface area contributed by atoms with E-state index in [1.807, 2.05) is 0 Å². The van der Waals surface area contributed by atoms with Crippen LogP contribution in [0, 0.1) is 0 Å². The third-order valence-corrected chi connectivity index (χ3v) is 5.18. The molecule has 116 valence electrons. The normalized spacial score (nSPS) is 24.1. The van der Waals surface area contributed by atoms with Gasteiger partial charge in [0.1, 0.15) is 0 Å². The van der Waals surface area contributed by atoms with Crippen molar-refractivity contribution in [3.63, 3.8) is 0 Å². The number of halogens is 1. The summed E-state index contributed by atoms with van der Waals surface area (Å²) in [6.07, 6.45) is 3.92. The van der Waals surface area contributed by atoms with Gasteiger partial charge in [0.25, 0.3) is 0 Å². The number of hydrogen-bond acceptors (Lipinski definition) is 3. The molecule has 2 aliphatic rings. The lowest BCUT2D eigenvalue weighted by Gasteiger charge is -2.31. The number of hydrogen-bond donors (Lipinski definition) is 1. The third-order valence-electron chi connectivity index (χ3n) is 4.54. The van der Waals surface area contributed by atoms with Gasteiger partial charge in [-0.2, -0.15) is 0 Å². The van der Waals surface area contributed by atoms with Crippen molar-refractivity contribution in [2.75, 3.05) is 31.6 Å². The Bertz CT molecular complexity index is 487. The van der Waals surface area contributed by atoms with Gasteiger partial charge in [-0.05, 0) is 73.4 Å². The summed E-state index contributed by atoms with van der Waals surface area (Å²) in [4.78, 5) is 4.98. The fourth-order valence-corrected chi connectivity index (χ4v) is 3.83. The Balaban J connectivity index is 1.71. The van der Waals surface area contributed by atoms with E-state index in [9.17, 15) is 0 Å². The molecule has 1 heterocycles. The highest BCUT2D eigenvalue weighted by Gasteiger charge is 2.22. The van der Waals surface area contributed by atoms with Crippen molar-refractivity contribution in [1.29, 1.82) is 0 Å². The molecule has 1 N–H and O–H groups in total. The maximum absolute atomic E-state index is 3.79. The lowest BCUT2D eigenvalue weighted by Crippen LogP contribution is -2.38. The molecule has 1 aromatic rings. The first-order valence-corrected chi connectivity index (χ1v) is 8.90. The van der Waals surface area contributed by atoms with Crippen molar-refractivity contribution >= 4 is 21.6 Å². The molecule has 1 aliphatic carbocycles. The number of anilines is 1. The molecule has 0 amide bonds. The summed E-state index contributed by atoms with van der Waals surface area (Å²) < 4.78 is 1.23. The van der Waals surface area contributed by atoms with Crippen LogP contribution in [0.1, 0.15) is 31.7 Å². The molecule has 1 unspecified atom stereocenters. The summed E-state index contributed by atoms with van der Waals surface area (Å²) in [5.41, 5.74) is 2.71. The Morgan fingerprint density at radius 3 is 2.81 bits per heavy atom. The molecule has 2 fully saturated rings. The second kappa shape index (κ2) is 6.67. The van der Waals surface area contributed by atoms with Crippen LogP contribution >= 0.6 is 15.9 Å². The predicted molar refractivity (Wildman–Crippen MR) is 92.9 cm³/mol. The van der Waals surface area contributed by atoms with Gasteiger partial charge in [0, 0.05) is 36.2 Å². The van der Waals surface area contributed by atoms with Crippen LogP contribution in [0.3, 0.4) is 0 Å². The van der Waals surface area contributed by atoms with Crippen molar-refractivity contribution in [1.82, 2.24) is 10.2 Å². The summed E-state index contributed by atoms with van der Waals surface area (Å²) in [6.45, 7) is 6.79. The minimum atomic E-state index is 0.559. The molecule has 3 rings (SSSR count). The first kappa shape index (κ1) is 15.3. The van der Waals surface area contributed by atoms with E-state index in [4.69, 9.17) is 0 Å². The predicted octanol–water partition coefficient (Wildman–Crippen LogP) is 3.23. The van der Waals surface area contributed by atoms with E-state index in [1.54, 1.807) is 0 Å². The van der Waals surface area contributed by atoms with Crippen LogP contribution in [0.25, 0.3) is 0 Å². The largest absolute Gasteiger partial charge is 0.367 e. The van der Waals surface area contributed by atoms with Gasteiger partial charge in [-0.25, -0.2) is 0 Å². The van der Waals surface area contributed by atoms with Gasteiger partial charge in [-0.1, -0.05) is 6.07 Å². The van der Waals surface area contributed by atoms with Crippen molar-refractivity contribution < 1.29 is 0 Å². The number of likely N-dealkylation sites (N-methyl/N-ethyl adjacent to an activating group) is 1. The molecular weight excluding hydrogens is 326 g/mol.